The maximum atomic E-state index is 12.6. The fourth-order valence-electron chi connectivity index (χ4n) is 3.06. The summed E-state index contributed by atoms with van der Waals surface area (Å²) >= 11 is 0. The number of hydrogen-bond donors (Lipinski definition) is 0. The highest BCUT2D eigenvalue weighted by molar-refractivity contribution is 5.93. The van der Waals surface area contributed by atoms with Gasteiger partial charge in [-0.3, -0.25) is 4.79 Å². The molecule has 0 aliphatic rings. The molecular formula is C21H20N4O5. The van der Waals surface area contributed by atoms with Gasteiger partial charge in [0.05, 0.1) is 13.7 Å². The van der Waals surface area contributed by atoms with Gasteiger partial charge >= 0.3 is 0 Å². The zero-order chi connectivity index (χ0) is 21.1. The smallest absolute Gasteiger partial charge is 0.276 e. The molecule has 154 valence electrons. The maximum Gasteiger partial charge on any atom is 0.276 e. The number of amides is 1. The van der Waals surface area contributed by atoms with Crippen LogP contribution in [0.3, 0.4) is 0 Å². The standard InChI is InChI=1S/C21H20N4O5/c1-13-18(24-30-22-13)11-25(2)21(26)17-10-14(29-23-17)12-28-20-9-8-19(27-3)15-6-4-5-7-16(15)20/h4-10H,11-12H2,1-3H3. The summed E-state index contributed by atoms with van der Waals surface area (Å²) in [5, 5.41) is 13.2. The Morgan fingerprint density at radius 3 is 2.50 bits per heavy atom. The highest BCUT2D eigenvalue weighted by Gasteiger charge is 2.20. The Kier molecular flexibility index (Phi) is 5.34. The van der Waals surface area contributed by atoms with Crippen LogP contribution in [0.4, 0.5) is 0 Å². The second-order valence-corrected chi connectivity index (χ2v) is 6.74. The molecule has 9 nitrogen and oxygen atoms in total. The van der Waals surface area contributed by atoms with Crippen molar-refractivity contribution in [2.24, 2.45) is 0 Å². The molecule has 0 radical (unpaired) electrons. The minimum absolute atomic E-state index is 0.132. The third kappa shape index (κ3) is 3.82. The molecule has 2 heterocycles. The molecule has 4 aromatic rings. The van der Waals surface area contributed by atoms with E-state index in [9.17, 15) is 4.79 Å². The molecule has 0 unspecified atom stereocenters. The number of carbonyl (C=O) groups excluding carboxylic acids is 1. The second kappa shape index (κ2) is 8.24. The number of fused-ring (bicyclic) bond motifs is 1. The minimum atomic E-state index is -0.303. The Balaban J connectivity index is 1.45. The number of carbonyl (C=O) groups is 1. The van der Waals surface area contributed by atoms with Gasteiger partial charge in [0.1, 0.15) is 29.5 Å². The van der Waals surface area contributed by atoms with Gasteiger partial charge in [-0.2, -0.15) is 0 Å². The van der Waals surface area contributed by atoms with Crippen LogP contribution < -0.4 is 9.47 Å². The van der Waals surface area contributed by atoms with E-state index in [4.69, 9.17) is 14.0 Å². The lowest BCUT2D eigenvalue weighted by Crippen LogP contribution is -2.26. The van der Waals surface area contributed by atoms with Gasteiger partial charge in [0.25, 0.3) is 5.91 Å². The molecule has 0 fully saturated rings. The molecule has 2 aromatic carbocycles. The van der Waals surface area contributed by atoms with E-state index in [1.54, 1.807) is 27.1 Å². The zero-order valence-corrected chi connectivity index (χ0v) is 16.8. The number of benzene rings is 2. The molecular weight excluding hydrogens is 388 g/mol. The van der Waals surface area contributed by atoms with Crippen molar-refractivity contribution in [1.82, 2.24) is 20.4 Å². The van der Waals surface area contributed by atoms with E-state index in [0.717, 1.165) is 16.5 Å². The van der Waals surface area contributed by atoms with Gasteiger partial charge in [0, 0.05) is 23.9 Å². The predicted molar refractivity (Wildman–Crippen MR) is 106 cm³/mol. The van der Waals surface area contributed by atoms with Crippen LogP contribution in [0, 0.1) is 6.92 Å². The molecule has 0 aliphatic carbocycles. The number of methoxy groups -OCH3 is 1. The zero-order valence-electron chi connectivity index (χ0n) is 16.8. The first-order chi connectivity index (χ1) is 14.6. The average Bonchev–Trinajstić information content (AvgIpc) is 3.40. The molecule has 1 amide bonds. The maximum absolute atomic E-state index is 12.6. The summed E-state index contributed by atoms with van der Waals surface area (Å²) in [6.07, 6.45) is 0. The van der Waals surface area contributed by atoms with Crippen LogP contribution in [0.2, 0.25) is 0 Å². The molecule has 0 spiro atoms. The van der Waals surface area contributed by atoms with Crippen molar-refractivity contribution in [3.63, 3.8) is 0 Å². The number of hydrogen-bond acceptors (Lipinski definition) is 8. The summed E-state index contributed by atoms with van der Waals surface area (Å²) in [6, 6.07) is 13.1. The van der Waals surface area contributed by atoms with Crippen LogP contribution in [0.25, 0.3) is 10.8 Å². The number of ether oxygens (including phenoxy) is 2. The normalized spacial score (nSPS) is 10.9. The highest BCUT2D eigenvalue weighted by Crippen LogP contribution is 2.33. The number of aromatic nitrogens is 3. The Morgan fingerprint density at radius 2 is 1.80 bits per heavy atom. The molecule has 9 heteroatoms. The summed E-state index contributed by atoms with van der Waals surface area (Å²) < 4.78 is 21.3. The number of rotatable bonds is 7. The van der Waals surface area contributed by atoms with Gasteiger partial charge in [0.2, 0.25) is 0 Å². The average molecular weight is 408 g/mol. The van der Waals surface area contributed by atoms with Crippen molar-refractivity contribution >= 4 is 16.7 Å². The van der Waals surface area contributed by atoms with Crippen molar-refractivity contribution in [2.45, 2.75) is 20.1 Å². The first-order valence-corrected chi connectivity index (χ1v) is 9.24. The molecule has 0 bridgehead atoms. The van der Waals surface area contributed by atoms with Gasteiger partial charge in [-0.05, 0) is 19.1 Å². The largest absolute Gasteiger partial charge is 0.496 e. The fraction of sp³-hybridized carbons (Fsp3) is 0.238. The SMILES string of the molecule is COc1ccc(OCc2cc(C(=O)N(C)Cc3nonc3C)no2)c2ccccc12. The van der Waals surface area contributed by atoms with Crippen LogP contribution in [0.15, 0.2) is 51.6 Å². The van der Waals surface area contributed by atoms with E-state index < -0.39 is 0 Å². The van der Waals surface area contributed by atoms with E-state index in [1.165, 1.54) is 4.90 Å². The summed E-state index contributed by atoms with van der Waals surface area (Å²) in [4.78, 5) is 14.0. The van der Waals surface area contributed by atoms with Gasteiger partial charge in [-0.25, -0.2) is 4.63 Å². The first kappa shape index (κ1) is 19.4. The van der Waals surface area contributed by atoms with Crippen LogP contribution in [0.1, 0.15) is 27.6 Å². The minimum Gasteiger partial charge on any atom is -0.496 e. The van der Waals surface area contributed by atoms with E-state index >= 15 is 0 Å². The van der Waals surface area contributed by atoms with E-state index in [1.807, 2.05) is 36.4 Å². The van der Waals surface area contributed by atoms with E-state index in [0.29, 0.717) is 22.9 Å². The van der Waals surface area contributed by atoms with Gasteiger partial charge in [-0.15, -0.1) is 0 Å². The molecule has 0 N–H and O–H groups in total. The lowest BCUT2D eigenvalue weighted by Gasteiger charge is -2.13. The lowest BCUT2D eigenvalue weighted by atomic mass is 10.1. The van der Waals surface area contributed by atoms with E-state index in [2.05, 4.69) is 20.1 Å². The summed E-state index contributed by atoms with van der Waals surface area (Å²) in [5.74, 6) is 1.58. The topological polar surface area (TPSA) is 104 Å². The molecule has 0 saturated carbocycles. The van der Waals surface area contributed by atoms with Crippen LogP contribution in [0.5, 0.6) is 11.5 Å². The third-order valence-electron chi connectivity index (χ3n) is 4.69. The van der Waals surface area contributed by atoms with Crippen LogP contribution in [-0.4, -0.2) is 40.4 Å². The Hall–Kier alpha value is -3.88. The van der Waals surface area contributed by atoms with Gasteiger partial charge < -0.3 is 18.9 Å². The Labute approximate surface area is 172 Å². The van der Waals surface area contributed by atoms with Crippen molar-refractivity contribution in [2.75, 3.05) is 14.2 Å². The van der Waals surface area contributed by atoms with Gasteiger partial charge in [-0.1, -0.05) is 39.7 Å². The van der Waals surface area contributed by atoms with Crippen molar-refractivity contribution in [1.29, 1.82) is 0 Å². The van der Waals surface area contributed by atoms with Crippen LogP contribution in [-0.2, 0) is 13.2 Å². The summed E-state index contributed by atoms with van der Waals surface area (Å²) in [7, 11) is 3.28. The molecule has 2 aromatic heterocycles. The first-order valence-electron chi connectivity index (χ1n) is 9.24. The summed E-state index contributed by atoms with van der Waals surface area (Å²) in [5.41, 5.74) is 1.41. The fourth-order valence-corrected chi connectivity index (χ4v) is 3.06. The molecule has 0 saturated heterocycles. The highest BCUT2D eigenvalue weighted by atomic mass is 16.6. The third-order valence-corrected chi connectivity index (χ3v) is 4.69. The number of aryl methyl sites for hydroxylation is 1. The Morgan fingerprint density at radius 1 is 1.07 bits per heavy atom. The quantitative estimate of drug-likeness (QED) is 0.458. The van der Waals surface area contributed by atoms with Crippen molar-refractivity contribution in [3.8, 4) is 11.5 Å². The van der Waals surface area contributed by atoms with Crippen molar-refractivity contribution in [3.05, 3.63) is 65.3 Å². The van der Waals surface area contributed by atoms with E-state index in [-0.39, 0.29) is 24.8 Å². The Bertz CT molecular complexity index is 1180. The molecule has 0 atom stereocenters. The van der Waals surface area contributed by atoms with Crippen molar-refractivity contribution < 1.29 is 23.4 Å². The number of nitrogens with zero attached hydrogens (tertiary/aromatic N) is 4. The molecule has 0 aliphatic heterocycles. The lowest BCUT2D eigenvalue weighted by molar-refractivity contribution is 0.0771. The van der Waals surface area contributed by atoms with Gasteiger partial charge in [0.15, 0.2) is 11.5 Å². The molecule has 4 rings (SSSR count). The summed E-state index contributed by atoms with van der Waals surface area (Å²) in [6.45, 7) is 2.15. The van der Waals surface area contributed by atoms with Crippen LogP contribution >= 0.6 is 0 Å². The monoisotopic (exact) mass is 408 g/mol. The second-order valence-electron chi connectivity index (χ2n) is 6.74. The predicted octanol–water partition coefficient (Wildman–Crippen LogP) is 3.38. The molecule has 30 heavy (non-hydrogen) atoms.